The minimum absolute atomic E-state index is 0.0102. The van der Waals surface area contributed by atoms with E-state index in [2.05, 4.69) is 5.32 Å². The van der Waals surface area contributed by atoms with Crippen molar-refractivity contribution < 1.29 is 9.59 Å². The Morgan fingerprint density at radius 2 is 1.85 bits per heavy atom. The Hall–Kier alpha value is -3.16. The zero-order valence-corrected chi connectivity index (χ0v) is 20.4. The van der Waals surface area contributed by atoms with E-state index < -0.39 is 0 Å². The maximum atomic E-state index is 13.4. The van der Waals surface area contributed by atoms with E-state index in [1.54, 1.807) is 36.2 Å². The largest absolute Gasteiger partial charge is 0.352 e. The van der Waals surface area contributed by atoms with E-state index in [0.717, 1.165) is 29.3 Å². The van der Waals surface area contributed by atoms with Crippen molar-refractivity contribution in [2.45, 2.75) is 38.3 Å². The summed E-state index contributed by atoms with van der Waals surface area (Å²) in [6.07, 6.45) is 8.22. The molecule has 0 unspecified atom stereocenters. The van der Waals surface area contributed by atoms with Gasteiger partial charge in [0.2, 0.25) is 5.91 Å². The lowest BCUT2D eigenvalue weighted by atomic mass is 10.1. The van der Waals surface area contributed by atoms with Crippen LogP contribution in [0.1, 0.15) is 31.2 Å². The van der Waals surface area contributed by atoms with E-state index in [9.17, 15) is 9.59 Å². The fourth-order valence-electron chi connectivity index (χ4n) is 4.74. The first-order valence-electron chi connectivity index (χ1n) is 11.4. The van der Waals surface area contributed by atoms with Gasteiger partial charge in [-0.3, -0.25) is 14.5 Å². The number of benzene rings is 2. The van der Waals surface area contributed by atoms with Crippen LogP contribution in [0.5, 0.6) is 0 Å². The molecule has 6 nitrogen and oxygen atoms in total. The summed E-state index contributed by atoms with van der Waals surface area (Å²) in [5.74, 6) is -0.193. The van der Waals surface area contributed by atoms with Crippen molar-refractivity contribution in [3.63, 3.8) is 0 Å². The predicted octanol–water partition coefficient (Wildman–Crippen LogP) is 4.96. The van der Waals surface area contributed by atoms with E-state index in [-0.39, 0.29) is 24.4 Å². The van der Waals surface area contributed by atoms with Crippen molar-refractivity contribution in [3.05, 3.63) is 71.0 Å². The molecule has 3 aromatic rings. The quantitative estimate of drug-likeness (QED) is 0.404. The smallest absolute Gasteiger partial charge is 0.281 e. The third-order valence-electron chi connectivity index (χ3n) is 6.49. The van der Waals surface area contributed by atoms with Crippen molar-refractivity contribution in [1.82, 2.24) is 14.8 Å². The molecule has 0 bridgehead atoms. The first-order valence-corrected chi connectivity index (χ1v) is 12.2. The van der Waals surface area contributed by atoms with Crippen LogP contribution in [0.4, 0.5) is 5.69 Å². The molecular weight excluding hydrogens is 468 g/mol. The minimum atomic E-state index is -0.203. The summed E-state index contributed by atoms with van der Waals surface area (Å²) in [5.41, 5.74) is 2.94. The number of amides is 2. The van der Waals surface area contributed by atoms with E-state index in [0.29, 0.717) is 21.5 Å². The van der Waals surface area contributed by atoms with Crippen LogP contribution in [0.15, 0.2) is 60.4 Å². The number of rotatable bonds is 5. The first-order chi connectivity index (χ1) is 16.4. The molecule has 5 rings (SSSR count). The van der Waals surface area contributed by atoms with Gasteiger partial charge in [0.1, 0.15) is 12.2 Å². The monoisotopic (exact) mass is 492 g/mol. The van der Waals surface area contributed by atoms with Crippen LogP contribution >= 0.6 is 23.8 Å². The zero-order chi connectivity index (χ0) is 23.8. The summed E-state index contributed by atoms with van der Waals surface area (Å²) >= 11 is 11.6. The summed E-state index contributed by atoms with van der Waals surface area (Å²) in [6.45, 7) is 0.235. The zero-order valence-electron chi connectivity index (χ0n) is 18.8. The molecule has 34 heavy (non-hydrogen) atoms. The van der Waals surface area contributed by atoms with Crippen LogP contribution in [0, 0.1) is 0 Å². The average Bonchev–Trinajstić information content (AvgIpc) is 3.51. The number of nitrogens with one attached hydrogen (secondary N) is 1. The predicted molar refractivity (Wildman–Crippen MR) is 140 cm³/mol. The molecule has 1 aliphatic heterocycles. The number of halogens is 1. The molecule has 1 aromatic heterocycles. The van der Waals surface area contributed by atoms with Crippen LogP contribution in [0.25, 0.3) is 17.0 Å². The van der Waals surface area contributed by atoms with Crippen LogP contribution in [-0.4, -0.2) is 39.5 Å². The number of hydrogen-bond acceptors (Lipinski definition) is 3. The summed E-state index contributed by atoms with van der Waals surface area (Å²) in [7, 11) is 1.79. The Morgan fingerprint density at radius 3 is 2.59 bits per heavy atom. The Kier molecular flexibility index (Phi) is 6.15. The summed E-state index contributed by atoms with van der Waals surface area (Å²) < 4.78 is 1.95. The second kappa shape index (κ2) is 9.24. The maximum Gasteiger partial charge on any atom is 0.281 e. The molecule has 174 valence electrons. The van der Waals surface area contributed by atoms with E-state index in [4.69, 9.17) is 23.8 Å². The fourth-order valence-corrected chi connectivity index (χ4v) is 5.15. The van der Waals surface area contributed by atoms with Crippen LogP contribution in [0.3, 0.4) is 0 Å². The SMILES string of the molecule is CN1C(=S)N(c2ccc(Cl)cc2)C(=O)/C1=C/c1cn(CC(=O)NC2CCCC2)c2ccccc12. The number of anilines is 1. The third-order valence-corrected chi connectivity index (χ3v) is 7.20. The van der Waals surface area contributed by atoms with E-state index in [1.165, 1.54) is 17.7 Å². The van der Waals surface area contributed by atoms with Crippen LogP contribution in [-0.2, 0) is 16.1 Å². The lowest BCUT2D eigenvalue weighted by Crippen LogP contribution is -2.35. The Morgan fingerprint density at radius 1 is 1.15 bits per heavy atom. The van der Waals surface area contributed by atoms with Gasteiger partial charge in [0, 0.05) is 40.8 Å². The second-order valence-electron chi connectivity index (χ2n) is 8.77. The minimum Gasteiger partial charge on any atom is -0.352 e. The highest BCUT2D eigenvalue weighted by Gasteiger charge is 2.37. The Bertz CT molecular complexity index is 1310. The average molecular weight is 493 g/mol. The summed E-state index contributed by atoms with van der Waals surface area (Å²) in [6, 6.07) is 15.2. The van der Waals surface area contributed by atoms with Crippen molar-refractivity contribution in [2.24, 2.45) is 0 Å². The summed E-state index contributed by atoms with van der Waals surface area (Å²) in [4.78, 5) is 29.3. The van der Waals surface area contributed by atoms with Crippen molar-refractivity contribution >= 4 is 63.4 Å². The lowest BCUT2D eigenvalue weighted by Gasteiger charge is -2.16. The fraction of sp³-hybridized carbons (Fsp3) is 0.269. The molecule has 8 heteroatoms. The molecule has 2 heterocycles. The van der Waals surface area contributed by atoms with Gasteiger partial charge in [-0.05, 0) is 61.5 Å². The van der Waals surface area contributed by atoms with E-state index >= 15 is 0 Å². The highest BCUT2D eigenvalue weighted by atomic mass is 35.5. The number of likely N-dealkylation sites (N-methyl/N-ethyl adjacent to an activating group) is 1. The molecule has 2 aliphatic rings. The number of thiocarbonyl (C=S) groups is 1. The molecule has 2 aromatic carbocycles. The summed E-state index contributed by atoms with van der Waals surface area (Å²) in [5, 5.41) is 5.12. The Labute approximate surface area is 208 Å². The molecule has 1 aliphatic carbocycles. The van der Waals surface area contributed by atoms with Crippen LogP contribution in [0.2, 0.25) is 5.02 Å². The van der Waals surface area contributed by atoms with Crippen molar-refractivity contribution in [1.29, 1.82) is 0 Å². The molecule has 1 N–H and O–H groups in total. The number of aromatic nitrogens is 1. The Balaban J connectivity index is 1.46. The number of nitrogens with zero attached hydrogens (tertiary/aromatic N) is 3. The molecule has 1 saturated carbocycles. The number of carbonyl (C=O) groups is 2. The molecule has 0 spiro atoms. The van der Waals surface area contributed by atoms with Gasteiger partial charge in [0.05, 0.1) is 5.69 Å². The van der Waals surface area contributed by atoms with Gasteiger partial charge in [0.25, 0.3) is 5.91 Å². The molecule has 2 fully saturated rings. The topological polar surface area (TPSA) is 57.6 Å². The molecular formula is C26H25ClN4O2S. The number of para-hydroxylation sites is 1. The lowest BCUT2D eigenvalue weighted by molar-refractivity contribution is -0.122. The van der Waals surface area contributed by atoms with Gasteiger partial charge in [-0.25, -0.2) is 0 Å². The van der Waals surface area contributed by atoms with Gasteiger partial charge in [-0.2, -0.15) is 0 Å². The third kappa shape index (κ3) is 4.21. The van der Waals surface area contributed by atoms with Gasteiger partial charge in [0.15, 0.2) is 5.11 Å². The molecule has 0 atom stereocenters. The molecule has 2 amide bonds. The number of fused-ring (bicyclic) bond motifs is 1. The van der Waals surface area contributed by atoms with Crippen molar-refractivity contribution in [3.8, 4) is 0 Å². The van der Waals surface area contributed by atoms with Crippen molar-refractivity contribution in [2.75, 3.05) is 11.9 Å². The number of carbonyl (C=O) groups excluding carboxylic acids is 2. The highest BCUT2D eigenvalue weighted by molar-refractivity contribution is 7.80. The highest BCUT2D eigenvalue weighted by Crippen LogP contribution is 2.31. The number of hydrogen-bond donors (Lipinski definition) is 1. The van der Waals surface area contributed by atoms with Gasteiger partial charge in [-0.15, -0.1) is 0 Å². The first kappa shape index (κ1) is 22.6. The normalized spacial score (nSPS) is 18.0. The standard InChI is InChI=1S/C26H25ClN4O2S/c1-29-23(25(33)31(26(29)34)20-12-10-18(27)11-13-20)14-17-15-30(22-9-5-4-8-21(17)22)16-24(32)28-19-6-2-3-7-19/h4-5,8-15,19H,2-3,6-7,16H2,1H3,(H,28,32)/b23-14-. The van der Waals surface area contributed by atoms with Gasteiger partial charge >= 0.3 is 0 Å². The molecule has 0 radical (unpaired) electrons. The maximum absolute atomic E-state index is 13.4. The van der Waals surface area contributed by atoms with Crippen LogP contribution < -0.4 is 10.2 Å². The van der Waals surface area contributed by atoms with Gasteiger partial charge in [-0.1, -0.05) is 42.6 Å². The second-order valence-corrected chi connectivity index (χ2v) is 9.57. The van der Waals surface area contributed by atoms with E-state index in [1.807, 2.05) is 41.1 Å². The molecule has 1 saturated heterocycles. The van der Waals surface area contributed by atoms with Gasteiger partial charge < -0.3 is 14.8 Å².